The van der Waals surface area contributed by atoms with Crippen LogP contribution in [0.15, 0.2) is 36.7 Å². The van der Waals surface area contributed by atoms with E-state index in [-0.39, 0.29) is 5.97 Å². The van der Waals surface area contributed by atoms with Gasteiger partial charge in [0.2, 0.25) is 3.79 Å². The molecule has 0 fully saturated rings. The van der Waals surface area contributed by atoms with Crippen LogP contribution < -0.4 is 0 Å². The molecule has 0 spiro atoms. The Balaban J connectivity index is 2.27. The average molecular weight is 334 g/mol. The summed E-state index contributed by atoms with van der Waals surface area (Å²) in [5.74, 6) is -0.0648. The van der Waals surface area contributed by atoms with E-state index in [1.807, 2.05) is 6.07 Å². The van der Waals surface area contributed by atoms with Gasteiger partial charge in [0.05, 0.1) is 12.7 Å². The van der Waals surface area contributed by atoms with E-state index in [9.17, 15) is 4.79 Å². The zero-order valence-corrected chi connectivity index (χ0v) is 12.8. The first-order valence-electron chi connectivity index (χ1n) is 5.67. The molecule has 0 atom stereocenters. The van der Waals surface area contributed by atoms with Gasteiger partial charge in [0, 0.05) is 18.9 Å². The van der Waals surface area contributed by atoms with Gasteiger partial charge in [-0.05, 0) is 17.7 Å². The second-order valence-corrected chi connectivity index (χ2v) is 6.35. The van der Waals surface area contributed by atoms with E-state index in [1.165, 1.54) is 7.11 Å². The summed E-state index contributed by atoms with van der Waals surface area (Å²) in [7, 11) is 1.34. The van der Waals surface area contributed by atoms with E-state index in [2.05, 4.69) is 9.72 Å². The minimum atomic E-state index is -1.59. The number of nitrogens with zero attached hydrogens (tertiary/aromatic N) is 2. The first kappa shape index (κ1) is 15.2. The molecule has 0 aliphatic rings. The van der Waals surface area contributed by atoms with Gasteiger partial charge in [-0.1, -0.05) is 46.9 Å². The Labute approximate surface area is 131 Å². The maximum atomic E-state index is 11.5. The predicted molar refractivity (Wildman–Crippen MR) is 78.3 cm³/mol. The smallest absolute Gasteiger partial charge is 0.337 e. The van der Waals surface area contributed by atoms with Crippen molar-refractivity contribution in [1.29, 1.82) is 0 Å². The van der Waals surface area contributed by atoms with Crippen LogP contribution in [-0.2, 0) is 15.1 Å². The first-order valence-corrected chi connectivity index (χ1v) is 6.81. The lowest BCUT2D eigenvalue weighted by atomic mass is 10.1. The Hall–Kier alpha value is -1.23. The summed E-state index contributed by atoms with van der Waals surface area (Å²) < 4.78 is 4.80. The summed E-state index contributed by atoms with van der Waals surface area (Å²) in [4.78, 5) is 15.5. The van der Waals surface area contributed by atoms with Crippen molar-refractivity contribution in [3.63, 3.8) is 0 Å². The van der Waals surface area contributed by atoms with Crippen molar-refractivity contribution in [3.05, 3.63) is 53.6 Å². The number of esters is 1. The Morgan fingerprint density at radius 2 is 2.15 bits per heavy atom. The number of halogens is 3. The van der Waals surface area contributed by atoms with Gasteiger partial charge in [0.25, 0.3) is 0 Å². The average Bonchev–Trinajstić information content (AvgIpc) is 2.86. The molecule has 1 aromatic carbocycles. The van der Waals surface area contributed by atoms with E-state index in [0.717, 1.165) is 5.56 Å². The molecule has 7 heteroatoms. The summed E-state index contributed by atoms with van der Waals surface area (Å²) in [5, 5.41) is 0. The highest BCUT2D eigenvalue weighted by Gasteiger charge is 2.28. The second kappa shape index (κ2) is 6.04. The molecule has 0 amide bonds. The molecule has 2 aromatic rings. The molecule has 0 saturated heterocycles. The van der Waals surface area contributed by atoms with Gasteiger partial charge in [0.15, 0.2) is 5.82 Å². The quantitative estimate of drug-likeness (QED) is 0.637. The molecule has 20 heavy (non-hydrogen) atoms. The Morgan fingerprint density at radius 1 is 1.40 bits per heavy atom. The number of ether oxygens (including phenoxy) is 1. The monoisotopic (exact) mass is 332 g/mol. The number of hydrogen-bond acceptors (Lipinski definition) is 3. The van der Waals surface area contributed by atoms with Crippen LogP contribution in [0.5, 0.6) is 0 Å². The highest BCUT2D eigenvalue weighted by atomic mass is 35.6. The van der Waals surface area contributed by atoms with Crippen LogP contribution in [0.4, 0.5) is 0 Å². The van der Waals surface area contributed by atoms with Crippen molar-refractivity contribution in [3.8, 4) is 0 Å². The number of hydrogen-bond donors (Lipinski definition) is 0. The van der Waals surface area contributed by atoms with Crippen molar-refractivity contribution in [2.24, 2.45) is 0 Å². The van der Waals surface area contributed by atoms with Gasteiger partial charge >= 0.3 is 5.97 Å². The van der Waals surface area contributed by atoms with E-state index in [4.69, 9.17) is 34.8 Å². The number of rotatable bonds is 3. The summed E-state index contributed by atoms with van der Waals surface area (Å²) in [5.41, 5.74) is 1.35. The van der Waals surface area contributed by atoms with Crippen LogP contribution in [0, 0.1) is 0 Å². The molecule has 0 aliphatic carbocycles. The van der Waals surface area contributed by atoms with Crippen LogP contribution in [0.3, 0.4) is 0 Å². The van der Waals surface area contributed by atoms with Gasteiger partial charge in [-0.3, -0.25) is 0 Å². The first-order chi connectivity index (χ1) is 9.41. The predicted octanol–water partition coefficient (Wildman–Crippen LogP) is 3.54. The van der Waals surface area contributed by atoms with Gasteiger partial charge in [-0.15, -0.1) is 0 Å². The van der Waals surface area contributed by atoms with Crippen molar-refractivity contribution in [2.45, 2.75) is 10.3 Å². The third-order valence-corrected chi connectivity index (χ3v) is 3.18. The highest BCUT2D eigenvalue weighted by Crippen LogP contribution is 2.37. The number of imidazole rings is 1. The van der Waals surface area contributed by atoms with Crippen LogP contribution in [0.25, 0.3) is 0 Å². The van der Waals surface area contributed by atoms with E-state index in [0.29, 0.717) is 17.9 Å². The fraction of sp³-hybridized carbons (Fsp3) is 0.231. The Bertz CT molecular complexity index is 620. The lowest BCUT2D eigenvalue weighted by Gasteiger charge is -2.14. The molecule has 1 heterocycles. The fourth-order valence-corrected chi connectivity index (χ4v) is 2.28. The van der Waals surface area contributed by atoms with E-state index >= 15 is 0 Å². The molecular formula is C13H11Cl3N2O2. The normalized spacial score (nSPS) is 11.4. The number of alkyl halides is 3. The van der Waals surface area contributed by atoms with Crippen molar-refractivity contribution >= 4 is 40.8 Å². The van der Waals surface area contributed by atoms with Crippen LogP contribution in [0.1, 0.15) is 21.7 Å². The number of aromatic nitrogens is 2. The molecule has 0 aliphatic heterocycles. The number of benzene rings is 1. The van der Waals surface area contributed by atoms with Crippen LogP contribution in [0.2, 0.25) is 0 Å². The molecule has 0 saturated carbocycles. The molecule has 0 N–H and O–H groups in total. The fourth-order valence-electron chi connectivity index (χ4n) is 1.80. The lowest BCUT2D eigenvalue weighted by Crippen LogP contribution is -2.12. The van der Waals surface area contributed by atoms with Crippen molar-refractivity contribution in [2.75, 3.05) is 7.11 Å². The van der Waals surface area contributed by atoms with Gasteiger partial charge < -0.3 is 9.30 Å². The SMILES string of the molecule is COC(=O)c1cccc(Cn2ccnc2C(Cl)(Cl)Cl)c1. The highest BCUT2D eigenvalue weighted by molar-refractivity contribution is 6.66. The topological polar surface area (TPSA) is 44.1 Å². The zero-order valence-electron chi connectivity index (χ0n) is 10.5. The zero-order chi connectivity index (χ0) is 14.8. The molecule has 0 unspecified atom stereocenters. The summed E-state index contributed by atoms with van der Waals surface area (Å²) in [6, 6.07) is 7.05. The number of methoxy groups -OCH3 is 1. The number of carbonyl (C=O) groups is 1. The van der Waals surface area contributed by atoms with Gasteiger partial charge in [0.1, 0.15) is 0 Å². The second-order valence-electron chi connectivity index (χ2n) is 4.07. The van der Waals surface area contributed by atoms with Crippen LogP contribution in [-0.4, -0.2) is 22.6 Å². The van der Waals surface area contributed by atoms with Gasteiger partial charge in [-0.25, -0.2) is 9.78 Å². The van der Waals surface area contributed by atoms with Crippen molar-refractivity contribution in [1.82, 2.24) is 9.55 Å². The molecule has 106 valence electrons. The minimum absolute atomic E-state index is 0.325. The summed E-state index contributed by atoms with van der Waals surface area (Å²) in [6.45, 7) is 0.439. The van der Waals surface area contributed by atoms with Gasteiger partial charge in [-0.2, -0.15) is 0 Å². The summed E-state index contributed by atoms with van der Waals surface area (Å²) >= 11 is 17.5. The largest absolute Gasteiger partial charge is 0.465 e. The van der Waals surface area contributed by atoms with Crippen molar-refractivity contribution < 1.29 is 9.53 Å². The lowest BCUT2D eigenvalue weighted by molar-refractivity contribution is 0.0600. The summed E-state index contributed by atoms with van der Waals surface area (Å²) in [6.07, 6.45) is 3.27. The molecule has 0 radical (unpaired) electrons. The number of carbonyl (C=O) groups excluding carboxylic acids is 1. The molecular weight excluding hydrogens is 323 g/mol. The molecule has 0 bridgehead atoms. The maximum Gasteiger partial charge on any atom is 0.337 e. The molecule has 1 aromatic heterocycles. The Morgan fingerprint density at radius 3 is 2.80 bits per heavy atom. The third kappa shape index (κ3) is 3.45. The minimum Gasteiger partial charge on any atom is -0.465 e. The third-order valence-electron chi connectivity index (χ3n) is 2.67. The Kier molecular flexibility index (Phi) is 4.58. The maximum absolute atomic E-state index is 11.5. The van der Waals surface area contributed by atoms with Crippen LogP contribution >= 0.6 is 34.8 Å². The molecule has 4 nitrogen and oxygen atoms in total. The van der Waals surface area contributed by atoms with E-state index in [1.54, 1.807) is 35.2 Å². The van der Waals surface area contributed by atoms with E-state index < -0.39 is 3.79 Å². The molecule has 2 rings (SSSR count). The standard InChI is InChI=1S/C13H11Cl3N2O2/c1-20-11(19)10-4-2-3-9(7-10)8-18-6-5-17-12(18)13(14,15)16/h2-7H,8H2,1H3.